The summed E-state index contributed by atoms with van der Waals surface area (Å²) in [7, 11) is 0.940. The molecule has 0 amide bonds. The predicted molar refractivity (Wildman–Crippen MR) is 93.8 cm³/mol. The van der Waals surface area contributed by atoms with Crippen molar-refractivity contribution in [1.29, 1.82) is 0 Å². The highest BCUT2D eigenvalue weighted by Gasteiger charge is 2.43. The summed E-state index contributed by atoms with van der Waals surface area (Å²) < 4.78 is 0. The van der Waals surface area contributed by atoms with Crippen molar-refractivity contribution in [3.8, 4) is 0 Å². The summed E-state index contributed by atoms with van der Waals surface area (Å²) in [6.45, 7) is 15.7. The summed E-state index contributed by atoms with van der Waals surface area (Å²) in [5.41, 5.74) is 6.81. The zero-order chi connectivity index (χ0) is 14.9. The number of hydrogen-bond acceptors (Lipinski definition) is 0. The fourth-order valence-corrected chi connectivity index (χ4v) is 5.22. The van der Waals surface area contributed by atoms with Gasteiger partial charge < -0.3 is 0 Å². The average molecular weight is 286 g/mol. The molecule has 0 saturated carbocycles. The van der Waals surface area contributed by atoms with Crippen LogP contribution in [-0.2, 0) is 0 Å². The first-order valence-electron chi connectivity index (χ1n) is 7.53. The summed E-state index contributed by atoms with van der Waals surface area (Å²) in [6, 6.07) is 0. The average Bonchev–Trinajstić information content (AvgIpc) is 2.57. The lowest BCUT2D eigenvalue weighted by Crippen LogP contribution is -2.28. The molecule has 108 valence electrons. The Bertz CT molecular complexity index is 520. The van der Waals surface area contributed by atoms with Crippen molar-refractivity contribution in [2.24, 2.45) is 11.3 Å². The van der Waals surface area contributed by atoms with E-state index in [0.29, 0.717) is 11.6 Å². The van der Waals surface area contributed by atoms with Crippen LogP contribution in [0.2, 0.25) is 0 Å². The molecule has 0 aromatic heterocycles. The highest BCUT2D eigenvalue weighted by molar-refractivity contribution is 7.38. The molecule has 3 atom stereocenters. The van der Waals surface area contributed by atoms with Gasteiger partial charge >= 0.3 is 0 Å². The minimum Gasteiger partial charge on any atom is -0.117 e. The monoisotopic (exact) mass is 286 g/mol. The molecule has 0 nitrogen and oxygen atoms in total. The van der Waals surface area contributed by atoms with E-state index in [1.807, 2.05) is 0 Å². The number of fused-ring (bicyclic) bond motifs is 1. The molecule has 0 aromatic rings. The minimum atomic E-state index is 0.278. The van der Waals surface area contributed by atoms with Gasteiger partial charge in [0.2, 0.25) is 0 Å². The molecule has 0 spiro atoms. The van der Waals surface area contributed by atoms with Crippen LogP contribution in [0.1, 0.15) is 34.1 Å². The zero-order valence-electron chi connectivity index (χ0n) is 13.5. The van der Waals surface area contributed by atoms with E-state index in [9.17, 15) is 0 Å². The number of hydrogen-bond donors (Lipinski definition) is 0. The van der Waals surface area contributed by atoms with Gasteiger partial charge in [0.25, 0.3) is 0 Å². The first-order chi connectivity index (χ1) is 9.45. The fourth-order valence-electron chi connectivity index (χ4n) is 3.63. The van der Waals surface area contributed by atoms with E-state index in [2.05, 4.69) is 71.3 Å². The third-order valence-corrected chi connectivity index (χ3v) is 5.68. The molecule has 0 fully saturated rings. The highest BCUT2D eigenvalue weighted by atomic mass is 31.1. The van der Waals surface area contributed by atoms with E-state index in [-0.39, 0.29) is 5.41 Å². The van der Waals surface area contributed by atoms with Crippen LogP contribution in [-0.4, -0.2) is 12.3 Å². The molecule has 3 unspecified atom stereocenters. The Kier molecular flexibility index (Phi) is 4.55. The number of allylic oxidation sites excluding steroid dienone is 9. The molecule has 2 aliphatic rings. The third kappa shape index (κ3) is 2.51. The lowest BCUT2D eigenvalue weighted by Gasteiger charge is -2.34. The fraction of sp³-hybridized carbons (Fsp3) is 0.474. The van der Waals surface area contributed by atoms with E-state index in [1.165, 1.54) is 16.7 Å². The van der Waals surface area contributed by atoms with Crippen LogP contribution in [0.25, 0.3) is 0 Å². The normalized spacial score (nSPS) is 29.1. The van der Waals surface area contributed by atoms with Crippen LogP contribution in [0.3, 0.4) is 0 Å². The summed E-state index contributed by atoms with van der Waals surface area (Å²) in [5, 5.41) is 0. The van der Waals surface area contributed by atoms with E-state index < -0.39 is 0 Å². The summed E-state index contributed by atoms with van der Waals surface area (Å²) >= 11 is 0. The Morgan fingerprint density at radius 2 is 2.05 bits per heavy atom. The first kappa shape index (κ1) is 15.5. The predicted octanol–water partition coefficient (Wildman–Crippen LogP) is 5.65. The third-order valence-electron chi connectivity index (χ3n) is 4.42. The Morgan fingerprint density at radius 3 is 2.55 bits per heavy atom. The maximum absolute atomic E-state index is 4.13. The lowest BCUT2D eigenvalue weighted by atomic mass is 9.76. The van der Waals surface area contributed by atoms with Gasteiger partial charge in [-0.15, -0.1) is 8.58 Å². The van der Waals surface area contributed by atoms with Gasteiger partial charge in [-0.05, 0) is 53.6 Å². The second-order valence-corrected chi connectivity index (χ2v) is 7.89. The van der Waals surface area contributed by atoms with Crippen LogP contribution in [0.5, 0.6) is 0 Å². The molecule has 1 heteroatoms. The lowest BCUT2D eigenvalue weighted by molar-refractivity contribution is 0.295. The van der Waals surface area contributed by atoms with Gasteiger partial charge in [-0.2, -0.15) is 0 Å². The maximum atomic E-state index is 4.13. The summed E-state index contributed by atoms with van der Waals surface area (Å²) in [4.78, 5) is 0. The van der Waals surface area contributed by atoms with E-state index in [4.69, 9.17) is 0 Å². The van der Waals surface area contributed by atoms with Gasteiger partial charge in [0.15, 0.2) is 0 Å². The Morgan fingerprint density at radius 1 is 1.35 bits per heavy atom. The van der Waals surface area contributed by atoms with E-state index in [0.717, 1.165) is 15.0 Å². The molecule has 0 heterocycles. The van der Waals surface area contributed by atoms with Crippen molar-refractivity contribution in [2.45, 2.75) is 39.8 Å². The van der Waals surface area contributed by atoms with Crippen LogP contribution < -0.4 is 0 Å². The first-order valence-corrected chi connectivity index (χ1v) is 9.11. The van der Waals surface area contributed by atoms with Gasteiger partial charge in [-0.3, -0.25) is 0 Å². The summed E-state index contributed by atoms with van der Waals surface area (Å²) in [5.74, 6) is 0.589. The Balaban J connectivity index is 2.69. The standard InChI is InChI=1S/C19H27P/c1-7-13-11-9-10-12-15-16(13)14(8-2)17(18(15)20-6)19(3,4)5/h7-9,11-12,17-18,20H,2,10H2,1,3-6H3/b13-7-. The van der Waals surface area contributed by atoms with Gasteiger partial charge in [-0.25, -0.2) is 0 Å². The van der Waals surface area contributed by atoms with Gasteiger partial charge in [-0.1, -0.05) is 57.7 Å². The molecule has 0 N–H and O–H groups in total. The molecule has 2 aliphatic carbocycles. The molecule has 0 aromatic carbocycles. The van der Waals surface area contributed by atoms with Crippen LogP contribution >= 0.6 is 8.58 Å². The van der Waals surface area contributed by atoms with E-state index >= 15 is 0 Å². The molecule has 0 radical (unpaired) electrons. The molecule has 0 aliphatic heterocycles. The molecule has 0 saturated heterocycles. The Hall–Kier alpha value is -0.870. The van der Waals surface area contributed by atoms with Crippen molar-refractivity contribution in [2.75, 3.05) is 6.66 Å². The number of rotatable bonds is 2. The SMILES string of the molecule is C=CC1=C2C(=CCC=C/C2=C/C)C(PC)C1C(C)(C)C. The smallest absolute Gasteiger partial charge is 0.00884 e. The maximum Gasteiger partial charge on any atom is 0.00884 e. The minimum absolute atomic E-state index is 0.278. The van der Waals surface area contributed by atoms with Crippen molar-refractivity contribution in [1.82, 2.24) is 0 Å². The van der Waals surface area contributed by atoms with Gasteiger partial charge in [0.1, 0.15) is 0 Å². The topological polar surface area (TPSA) is 0 Å². The van der Waals surface area contributed by atoms with Crippen LogP contribution in [0, 0.1) is 11.3 Å². The van der Waals surface area contributed by atoms with Crippen molar-refractivity contribution in [3.05, 3.63) is 59.3 Å². The largest absolute Gasteiger partial charge is 0.117 e. The van der Waals surface area contributed by atoms with Crippen molar-refractivity contribution in [3.63, 3.8) is 0 Å². The molecular formula is C19H27P. The van der Waals surface area contributed by atoms with Crippen LogP contribution in [0.4, 0.5) is 0 Å². The highest BCUT2D eigenvalue weighted by Crippen LogP contribution is 2.54. The summed E-state index contributed by atoms with van der Waals surface area (Å²) in [6.07, 6.45) is 12.4. The van der Waals surface area contributed by atoms with Gasteiger partial charge in [0.05, 0.1) is 0 Å². The molecule has 20 heavy (non-hydrogen) atoms. The van der Waals surface area contributed by atoms with Gasteiger partial charge in [0, 0.05) is 5.66 Å². The molecule has 0 bridgehead atoms. The molecule has 2 rings (SSSR count). The van der Waals surface area contributed by atoms with E-state index in [1.54, 1.807) is 5.57 Å². The second-order valence-electron chi connectivity index (χ2n) is 6.69. The van der Waals surface area contributed by atoms with Crippen molar-refractivity contribution < 1.29 is 0 Å². The quantitative estimate of drug-likeness (QED) is 0.575. The van der Waals surface area contributed by atoms with Crippen molar-refractivity contribution >= 4 is 8.58 Å². The second kappa shape index (κ2) is 5.86. The van der Waals surface area contributed by atoms with Crippen LogP contribution in [0.15, 0.2) is 59.3 Å². The zero-order valence-corrected chi connectivity index (χ0v) is 14.5. The Labute approximate surface area is 126 Å². The molecular weight excluding hydrogens is 259 g/mol.